The van der Waals surface area contributed by atoms with Crippen molar-refractivity contribution in [3.8, 4) is 0 Å². The van der Waals surface area contributed by atoms with Gasteiger partial charge in [0.05, 0.1) is 0 Å². The summed E-state index contributed by atoms with van der Waals surface area (Å²) in [6, 6.07) is 4.94. The highest BCUT2D eigenvalue weighted by atomic mass is 16.2. The molecule has 0 bridgehead atoms. The lowest BCUT2D eigenvalue weighted by Gasteiger charge is -2.16. The highest BCUT2D eigenvalue weighted by Gasteiger charge is 2.21. The molecule has 0 N–H and O–H groups in total. The molecule has 1 aromatic heterocycles. The van der Waals surface area contributed by atoms with Crippen LogP contribution in [0.15, 0.2) is 24.4 Å². The van der Waals surface area contributed by atoms with Crippen LogP contribution in [0.5, 0.6) is 0 Å². The predicted octanol–water partition coefficient (Wildman–Crippen LogP) is 1.13. The van der Waals surface area contributed by atoms with Crippen LogP contribution < -0.4 is 0 Å². The van der Waals surface area contributed by atoms with Gasteiger partial charge in [0, 0.05) is 19.3 Å². The number of rotatable bonds is 4. The Labute approximate surface area is 88.9 Å². The molecule has 0 fully saturated rings. The van der Waals surface area contributed by atoms with Crippen molar-refractivity contribution in [2.75, 3.05) is 13.1 Å². The second-order valence-corrected chi connectivity index (χ2v) is 3.02. The summed E-state index contributed by atoms with van der Waals surface area (Å²) in [5.41, 5.74) is 0.203. The number of carbonyl (C=O) groups excluding carboxylic acids is 2. The van der Waals surface area contributed by atoms with E-state index >= 15 is 0 Å². The maximum Gasteiger partial charge on any atom is 0.296 e. The van der Waals surface area contributed by atoms with Crippen molar-refractivity contribution in [1.29, 1.82) is 0 Å². The van der Waals surface area contributed by atoms with E-state index in [-0.39, 0.29) is 5.69 Å². The number of likely N-dealkylation sites (N-methyl/N-ethyl adjacent to an activating group) is 1. The Morgan fingerprint density at radius 1 is 1.27 bits per heavy atom. The monoisotopic (exact) mass is 206 g/mol. The zero-order chi connectivity index (χ0) is 11.3. The summed E-state index contributed by atoms with van der Waals surface area (Å²) < 4.78 is 0. The van der Waals surface area contributed by atoms with Gasteiger partial charge in [0.1, 0.15) is 5.69 Å². The van der Waals surface area contributed by atoms with E-state index in [1.807, 2.05) is 13.8 Å². The first kappa shape index (κ1) is 11.4. The van der Waals surface area contributed by atoms with Crippen molar-refractivity contribution in [3.63, 3.8) is 0 Å². The zero-order valence-corrected chi connectivity index (χ0v) is 8.93. The van der Waals surface area contributed by atoms with Crippen LogP contribution in [0.1, 0.15) is 24.3 Å². The second kappa shape index (κ2) is 5.24. The van der Waals surface area contributed by atoms with E-state index in [0.717, 1.165) is 0 Å². The summed E-state index contributed by atoms with van der Waals surface area (Å²) in [6.07, 6.45) is 1.50. The van der Waals surface area contributed by atoms with Gasteiger partial charge >= 0.3 is 0 Å². The summed E-state index contributed by atoms with van der Waals surface area (Å²) in [4.78, 5) is 28.6. The third-order valence-electron chi connectivity index (χ3n) is 2.14. The first-order valence-corrected chi connectivity index (χ1v) is 4.95. The van der Waals surface area contributed by atoms with Crippen molar-refractivity contribution in [3.05, 3.63) is 30.1 Å². The summed E-state index contributed by atoms with van der Waals surface area (Å²) in [5.74, 6) is -1.03. The molecule has 0 aliphatic carbocycles. The molecule has 0 atom stereocenters. The first-order valence-electron chi connectivity index (χ1n) is 4.95. The number of pyridine rings is 1. The molecule has 0 unspecified atom stereocenters. The first-order chi connectivity index (χ1) is 7.20. The van der Waals surface area contributed by atoms with Gasteiger partial charge in [0.2, 0.25) is 0 Å². The number of aromatic nitrogens is 1. The molecule has 0 aliphatic rings. The minimum atomic E-state index is -0.542. The van der Waals surface area contributed by atoms with E-state index in [9.17, 15) is 9.59 Å². The molecule has 0 saturated carbocycles. The summed E-state index contributed by atoms with van der Waals surface area (Å²) >= 11 is 0. The number of Topliss-reactive ketones (excluding diaryl/α,β-unsaturated/α-hetero) is 1. The van der Waals surface area contributed by atoms with Gasteiger partial charge in [0.25, 0.3) is 11.7 Å². The fourth-order valence-electron chi connectivity index (χ4n) is 1.26. The molecule has 4 nitrogen and oxygen atoms in total. The minimum absolute atomic E-state index is 0.203. The maximum absolute atomic E-state index is 11.7. The van der Waals surface area contributed by atoms with Crippen LogP contribution in [0.3, 0.4) is 0 Å². The quantitative estimate of drug-likeness (QED) is 0.548. The lowest BCUT2D eigenvalue weighted by Crippen LogP contribution is -2.36. The van der Waals surface area contributed by atoms with Gasteiger partial charge in [-0.1, -0.05) is 6.07 Å². The third-order valence-corrected chi connectivity index (χ3v) is 2.14. The van der Waals surface area contributed by atoms with Gasteiger partial charge in [-0.15, -0.1) is 0 Å². The highest BCUT2D eigenvalue weighted by molar-refractivity contribution is 6.42. The second-order valence-electron chi connectivity index (χ2n) is 3.02. The van der Waals surface area contributed by atoms with E-state index in [4.69, 9.17) is 0 Å². The average Bonchev–Trinajstić information content (AvgIpc) is 2.30. The minimum Gasteiger partial charge on any atom is -0.336 e. The van der Waals surface area contributed by atoms with Crippen molar-refractivity contribution in [2.45, 2.75) is 13.8 Å². The molecular formula is C11H14N2O2. The fourth-order valence-corrected chi connectivity index (χ4v) is 1.26. The van der Waals surface area contributed by atoms with Crippen LogP contribution in [0.2, 0.25) is 0 Å². The molecule has 0 aliphatic heterocycles. The van der Waals surface area contributed by atoms with Crippen molar-refractivity contribution >= 4 is 11.7 Å². The maximum atomic E-state index is 11.7. The normalized spacial score (nSPS) is 9.73. The summed E-state index contributed by atoms with van der Waals surface area (Å²) in [6.45, 7) is 4.75. The van der Waals surface area contributed by atoms with Gasteiger partial charge in [-0.2, -0.15) is 0 Å². The molecule has 80 valence electrons. The van der Waals surface area contributed by atoms with E-state index in [1.165, 1.54) is 11.1 Å². The number of nitrogens with zero attached hydrogens (tertiary/aromatic N) is 2. The number of carbonyl (C=O) groups is 2. The average molecular weight is 206 g/mol. The lowest BCUT2D eigenvalue weighted by molar-refractivity contribution is -0.126. The largest absolute Gasteiger partial charge is 0.336 e. The summed E-state index contributed by atoms with van der Waals surface area (Å²) in [5, 5.41) is 0. The van der Waals surface area contributed by atoms with E-state index in [0.29, 0.717) is 13.1 Å². The SMILES string of the molecule is CCN(CC)C(=O)C(=O)c1ccccn1. The van der Waals surface area contributed by atoms with Crippen LogP contribution in [0, 0.1) is 0 Å². The zero-order valence-electron chi connectivity index (χ0n) is 8.93. The van der Waals surface area contributed by atoms with Gasteiger partial charge in [0.15, 0.2) is 0 Å². The molecule has 1 amide bonds. The molecule has 0 radical (unpaired) electrons. The van der Waals surface area contributed by atoms with E-state index < -0.39 is 11.7 Å². The van der Waals surface area contributed by atoms with Gasteiger partial charge in [-0.3, -0.25) is 14.6 Å². The van der Waals surface area contributed by atoms with E-state index in [1.54, 1.807) is 18.2 Å². The number of hydrogen-bond donors (Lipinski definition) is 0. The lowest BCUT2D eigenvalue weighted by atomic mass is 10.2. The molecule has 0 spiro atoms. The predicted molar refractivity (Wildman–Crippen MR) is 56.5 cm³/mol. The van der Waals surface area contributed by atoms with E-state index in [2.05, 4.69) is 4.98 Å². The van der Waals surface area contributed by atoms with Crippen molar-refractivity contribution in [2.24, 2.45) is 0 Å². The molecule has 1 rings (SSSR count). The Morgan fingerprint density at radius 3 is 2.40 bits per heavy atom. The van der Waals surface area contributed by atoms with Gasteiger partial charge in [-0.25, -0.2) is 0 Å². The molecule has 0 aromatic carbocycles. The molecule has 0 saturated heterocycles. The summed E-state index contributed by atoms with van der Waals surface area (Å²) in [7, 11) is 0. The van der Waals surface area contributed by atoms with Crippen LogP contribution in [-0.4, -0.2) is 34.7 Å². The Hall–Kier alpha value is -1.71. The Balaban J connectivity index is 2.82. The Kier molecular flexibility index (Phi) is 3.97. The van der Waals surface area contributed by atoms with Gasteiger partial charge in [-0.05, 0) is 26.0 Å². The molecular weight excluding hydrogens is 192 g/mol. The third kappa shape index (κ3) is 2.62. The molecule has 1 aromatic rings. The molecule has 1 heterocycles. The topological polar surface area (TPSA) is 50.3 Å². The Bertz CT molecular complexity index is 345. The van der Waals surface area contributed by atoms with Crippen molar-refractivity contribution < 1.29 is 9.59 Å². The number of hydrogen-bond acceptors (Lipinski definition) is 3. The van der Waals surface area contributed by atoms with Crippen LogP contribution in [0.4, 0.5) is 0 Å². The Morgan fingerprint density at radius 2 is 1.93 bits per heavy atom. The standard InChI is InChI=1S/C11H14N2O2/c1-3-13(4-2)11(15)10(14)9-7-5-6-8-12-9/h5-8H,3-4H2,1-2H3. The van der Waals surface area contributed by atoms with Crippen molar-refractivity contribution in [1.82, 2.24) is 9.88 Å². The van der Waals surface area contributed by atoms with Crippen LogP contribution in [0.25, 0.3) is 0 Å². The molecule has 15 heavy (non-hydrogen) atoms. The fraction of sp³-hybridized carbons (Fsp3) is 0.364. The van der Waals surface area contributed by atoms with Crippen LogP contribution in [-0.2, 0) is 4.79 Å². The molecule has 4 heteroatoms. The highest BCUT2D eigenvalue weighted by Crippen LogP contribution is 1.99. The van der Waals surface area contributed by atoms with Crippen LogP contribution >= 0.6 is 0 Å². The van der Waals surface area contributed by atoms with Gasteiger partial charge < -0.3 is 4.90 Å². The number of amides is 1. The smallest absolute Gasteiger partial charge is 0.296 e. The number of ketones is 1.